The molecule has 0 aliphatic carbocycles. The van der Waals surface area contributed by atoms with Gasteiger partial charge in [-0.2, -0.15) is 0 Å². The molecule has 0 bridgehead atoms. The minimum atomic E-state index is -0.211. The third-order valence-corrected chi connectivity index (χ3v) is 5.20. The fourth-order valence-corrected chi connectivity index (χ4v) is 3.79. The first-order chi connectivity index (χ1) is 12.0. The summed E-state index contributed by atoms with van der Waals surface area (Å²) in [7, 11) is 2.15. The van der Waals surface area contributed by atoms with Gasteiger partial charge in [-0.15, -0.1) is 0 Å². The van der Waals surface area contributed by atoms with Crippen LogP contribution in [0, 0.1) is 5.82 Å². The Bertz CT molecular complexity index is 970. The first-order valence-corrected chi connectivity index (χ1v) is 8.85. The van der Waals surface area contributed by atoms with E-state index in [-0.39, 0.29) is 5.82 Å². The topological polar surface area (TPSA) is 8.17 Å². The fraction of sp³-hybridized carbons (Fsp3) is 0.238. The summed E-state index contributed by atoms with van der Waals surface area (Å²) < 4.78 is 15.5. The zero-order valence-corrected chi connectivity index (χ0v) is 15.1. The van der Waals surface area contributed by atoms with Gasteiger partial charge in [0.1, 0.15) is 5.82 Å². The van der Waals surface area contributed by atoms with Gasteiger partial charge in [0.25, 0.3) is 0 Å². The SMILES string of the molecule is C/C(=C\n1c2c(c3cc(Cl)ccc31)CCN(C)C2)c1ccc(F)cc1. The van der Waals surface area contributed by atoms with Crippen molar-refractivity contribution in [2.75, 3.05) is 13.6 Å². The quantitative estimate of drug-likeness (QED) is 0.595. The number of rotatable bonds is 2. The molecule has 2 aromatic carbocycles. The maximum atomic E-state index is 13.2. The first kappa shape index (κ1) is 16.4. The molecule has 4 rings (SSSR count). The van der Waals surface area contributed by atoms with Crippen molar-refractivity contribution in [1.29, 1.82) is 0 Å². The molecule has 0 amide bonds. The minimum Gasteiger partial charge on any atom is -0.318 e. The average Bonchev–Trinajstić information content (AvgIpc) is 2.88. The molecule has 1 aliphatic heterocycles. The highest BCUT2D eigenvalue weighted by molar-refractivity contribution is 6.31. The van der Waals surface area contributed by atoms with Gasteiger partial charge in [-0.3, -0.25) is 0 Å². The minimum absolute atomic E-state index is 0.211. The van der Waals surface area contributed by atoms with Crippen LogP contribution in [0.1, 0.15) is 23.7 Å². The molecular formula is C21H20ClFN2. The molecule has 0 saturated carbocycles. The Balaban J connectivity index is 1.90. The molecule has 128 valence electrons. The second kappa shape index (κ2) is 6.32. The fourth-order valence-electron chi connectivity index (χ4n) is 3.62. The molecule has 0 atom stereocenters. The van der Waals surface area contributed by atoms with E-state index in [4.69, 9.17) is 11.6 Å². The Labute approximate surface area is 152 Å². The van der Waals surface area contributed by atoms with Gasteiger partial charge in [-0.05, 0) is 67.4 Å². The first-order valence-electron chi connectivity index (χ1n) is 8.47. The van der Waals surface area contributed by atoms with Gasteiger partial charge < -0.3 is 9.47 Å². The van der Waals surface area contributed by atoms with Crippen LogP contribution in [0.15, 0.2) is 42.5 Å². The van der Waals surface area contributed by atoms with Crippen LogP contribution in [0.4, 0.5) is 4.39 Å². The summed E-state index contributed by atoms with van der Waals surface area (Å²) in [6, 6.07) is 12.7. The summed E-state index contributed by atoms with van der Waals surface area (Å²) in [5, 5.41) is 2.00. The Kier molecular flexibility index (Phi) is 4.14. The van der Waals surface area contributed by atoms with E-state index < -0.39 is 0 Å². The summed E-state index contributed by atoms with van der Waals surface area (Å²) in [5.41, 5.74) is 6.00. The zero-order valence-electron chi connectivity index (χ0n) is 14.4. The van der Waals surface area contributed by atoms with E-state index in [0.29, 0.717) is 0 Å². The number of aromatic nitrogens is 1. The molecule has 0 spiro atoms. The number of hydrogen-bond acceptors (Lipinski definition) is 1. The van der Waals surface area contributed by atoms with Crippen LogP contribution in [0.5, 0.6) is 0 Å². The Hall–Kier alpha value is -2.10. The predicted molar refractivity (Wildman–Crippen MR) is 103 cm³/mol. The maximum Gasteiger partial charge on any atom is 0.123 e. The molecule has 0 saturated heterocycles. The highest BCUT2D eigenvalue weighted by atomic mass is 35.5. The van der Waals surface area contributed by atoms with Gasteiger partial charge in [0.05, 0.1) is 5.52 Å². The molecule has 3 aromatic rings. The van der Waals surface area contributed by atoms with Crippen molar-refractivity contribution < 1.29 is 4.39 Å². The van der Waals surface area contributed by atoms with E-state index in [2.05, 4.69) is 41.8 Å². The standard InChI is InChI=1S/C21H20ClFN2/c1-14(15-3-6-17(23)7-4-15)12-25-20-8-5-16(22)11-19(20)18-9-10-24(2)13-21(18)25/h3-8,11-12H,9-10,13H2,1-2H3/b14-12+. The van der Waals surface area contributed by atoms with E-state index in [1.807, 2.05) is 18.2 Å². The van der Waals surface area contributed by atoms with Crippen molar-refractivity contribution >= 4 is 34.3 Å². The molecule has 2 heterocycles. The number of fused-ring (bicyclic) bond motifs is 3. The van der Waals surface area contributed by atoms with Gasteiger partial charge in [0.2, 0.25) is 0 Å². The van der Waals surface area contributed by atoms with Gasteiger partial charge >= 0.3 is 0 Å². The number of nitrogens with zero attached hydrogens (tertiary/aromatic N) is 2. The highest BCUT2D eigenvalue weighted by Gasteiger charge is 2.22. The normalized spacial score (nSPS) is 15.6. The summed E-state index contributed by atoms with van der Waals surface area (Å²) >= 11 is 6.24. The zero-order chi connectivity index (χ0) is 17.6. The van der Waals surface area contributed by atoms with Crippen LogP contribution in [0.2, 0.25) is 5.02 Å². The molecule has 0 N–H and O–H groups in total. The van der Waals surface area contributed by atoms with Crippen LogP contribution in [-0.4, -0.2) is 23.1 Å². The summed E-state index contributed by atoms with van der Waals surface area (Å²) in [6.07, 6.45) is 3.18. The Morgan fingerprint density at radius 3 is 2.68 bits per heavy atom. The molecule has 25 heavy (non-hydrogen) atoms. The molecule has 0 radical (unpaired) electrons. The molecule has 0 fully saturated rings. The number of hydrogen-bond donors (Lipinski definition) is 0. The Morgan fingerprint density at radius 2 is 1.92 bits per heavy atom. The van der Waals surface area contributed by atoms with Gasteiger partial charge in [0.15, 0.2) is 0 Å². The Morgan fingerprint density at radius 1 is 1.16 bits per heavy atom. The molecule has 1 aromatic heterocycles. The van der Waals surface area contributed by atoms with Crippen LogP contribution >= 0.6 is 11.6 Å². The summed E-state index contributed by atoms with van der Waals surface area (Å²) in [6.45, 7) is 4.03. The third-order valence-electron chi connectivity index (χ3n) is 4.97. The molecule has 4 heteroatoms. The van der Waals surface area contributed by atoms with Crippen molar-refractivity contribution in [3.63, 3.8) is 0 Å². The smallest absolute Gasteiger partial charge is 0.123 e. The highest BCUT2D eigenvalue weighted by Crippen LogP contribution is 2.33. The van der Waals surface area contributed by atoms with Gasteiger partial charge in [0, 0.05) is 35.4 Å². The maximum absolute atomic E-state index is 13.2. The summed E-state index contributed by atoms with van der Waals surface area (Å²) in [5.74, 6) is -0.211. The van der Waals surface area contributed by atoms with Crippen LogP contribution in [0.3, 0.4) is 0 Å². The molecule has 2 nitrogen and oxygen atoms in total. The van der Waals surface area contributed by atoms with Crippen molar-refractivity contribution in [1.82, 2.24) is 9.47 Å². The van der Waals surface area contributed by atoms with E-state index in [0.717, 1.165) is 35.7 Å². The van der Waals surface area contributed by atoms with Crippen LogP contribution in [-0.2, 0) is 13.0 Å². The second-order valence-corrected chi connectivity index (χ2v) is 7.20. The van der Waals surface area contributed by atoms with Crippen molar-refractivity contribution in [2.24, 2.45) is 0 Å². The van der Waals surface area contributed by atoms with Crippen molar-refractivity contribution in [3.05, 3.63) is 70.1 Å². The lowest BCUT2D eigenvalue weighted by molar-refractivity contribution is 0.308. The monoisotopic (exact) mass is 354 g/mol. The van der Waals surface area contributed by atoms with Crippen LogP contribution in [0.25, 0.3) is 22.7 Å². The number of likely N-dealkylation sites (N-methyl/N-ethyl adjacent to an activating group) is 1. The predicted octanol–water partition coefficient (Wildman–Crippen LogP) is 5.44. The van der Waals surface area contributed by atoms with E-state index in [1.54, 1.807) is 0 Å². The van der Waals surface area contributed by atoms with Crippen LogP contribution < -0.4 is 0 Å². The lowest BCUT2D eigenvalue weighted by Gasteiger charge is -2.24. The number of allylic oxidation sites excluding steroid dienone is 1. The van der Waals surface area contributed by atoms with Gasteiger partial charge in [-0.1, -0.05) is 23.7 Å². The van der Waals surface area contributed by atoms with Gasteiger partial charge in [-0.25, -0.2) is 4.39 Å². The third kappa shape index (κ3) is 2.99. The lowest BCUT2D eigenvalue weighted by Crippen LogP contribution is -2.27. The molecule has 1 aliphatic rings. The van der Waals surface area contributed by atoms with Crippen molar-refractivity contribution in [3.8, 4) is 0 Å². The van der Waals surface area contributed by atoms with E-state index in [9.17, 15) is 4.39 Å². The number of benzene rings is 2. The lowest BCUT2D eigenvalue weighted by atomic mass is 10.0. The molecule has 0 unspecified atom stereocenters. The van der Waals surface area contributed by atoms with E-state index >= 15 is 0 Å². The largest absolute Gasteiger partial charge is 0.318 e. The number of halogens is 2. The summed E-state index contributed by atoms with van der Waals surface area (Å²) in [4.78, 5) is 2.33. The molecular weight excluding hydrogens is 335 g/mol. The van der Waals surface area contributed by atoms with E-state index in [1.165, 1.54) is 34.3 Å². The second-order valence-electron chi connectivity index (χ2n) is 6.76. The average molecular weight is 355 g/mol. The van der Waals surface area contributed by atoms with Crippen molar-refractivity contribution in [2.45, 2.75) is 19.9 Å².